The molecule has 0 spiro atoms. The van der Waals surface area contributed by atoms with Crippen LogP contribution in [0.2, 0.25) is 0 Å². The lowest BCUT2D eigenvalue weighted by Crippen LogP contribution is -2.45. The maximum atomic E-state index is 12.3. The largest absolute Gasteiger partial charge is 0.457 e. The van der Waals surface area contributed by atoms with Crippen LogP contribution in [-0.4, -0.2) is 33.8 Å². The van der Waals surface area contributed by atoms with Gasteiger partial charge in [0.25, 0.3) is 5.91 Å². The number of piperidine rings is 1. The van der Waals surface area contributed by atoms with Crippen molar-refractivity contribution in [2.75, 3.05) is 0 Å². The normalized spacial score (nSPS) is 20.8. The van der Waals surface area contributed by atoms with Crippen molar-refractivity contribution < 1.29 is 19.1 Å². The van der Waals surface area contributed by atoms with Crippen LogP contribution in [0.5, 0.6) is 23.1 Å². The van der Waals surface area contributed by atoms with Crippen LogP contribution in [-0.2, 0) is 4.79 Å². The molecule has 0 saturated carbocycles. The van der Waals surface area contributed by atoms with Crippen LogP contribution in [0, 0.1) is 0 Å². The fraction of sp³-hybridized carbons (Fsp3) is 0.250. The molecule has 2 fully saturated rings. The molecule has 178 valence electrons. The number of ether oxygens (including phenoxy) is 2. The number of benzene rings is 2. The van der Waals surface area contributed by atoms with Crippen LogP contribution in [0.3, 0.4) is 0 Å². The Morgan fingerprint density at radius 2 is 1.49 bits per heavy atom. The highest BCUT2D eigenvalue weighted by molar-refractivity contribution is 5.95. The molecule has 0 aliphatic carbocycles. The molecule has 2 amide bonds. The first kappa shape index (κ1) is 22.7. The lowest BCUT2D eigenvalue weighted by atomic mass is 9.87. The van der Waals surface area contributed by atoms with E-state index in [9.17, 15) is 9.59 Å². The third-order valence-electron chi connectivity index (χ3n) is 6.74. The van der Waals surface area contributed by atoms with Crippen molar-refractivity contribution in [3.8, 4) is 23.1 Å². The average molecular weight is 470 g/mol. The molecule has 2 aromatic carbocycles. The molecule has 0 radical (unpaired) electrons. The number of aromatic nitrogens is 1. The molecule has 2 aliphatic heterocycles. The maximum Gasteiger partial charge on any atom is 0.254 e. The van der Waals surface area contributed by atoms with Gasteiger partial charge < -0.3 is 20.1 Å². The number of nitrogens with zero attached hydrogens (tertiary/aromatic N) is 2. The minimum Gasteiger partial charge on any atom is -0.457 e. The zero-order valence-corrected chi connectivity index (χ0v) is 19.3. The summed E-state index contributed by atoms with van der Waals surface area (Å²) >= 11 is 0. The molecule has 2 bridgehead atoms. The van der Waals surface area contributed by atoms with Crippen molar-refractivity contribution in [1.29, 1.82) is 0 Å². The zero-order chi connectivity index (χ0) is 24.4. The summed E-state index contributed by atoms with van der Waals surface area (Å²) in [5.74, 6) is 1.67. The summed E-state index contributed by atoms with van der Waals surface area (Å²) in [5.41, 5.74) is 6.66. The van der Waals surface area contributed by atoms with Gasteiger partial charge in [-0.1, -0.05) is 24.8 Å². The van der Waals surface area contributed by atoms with Crippen LogP contribution in [0.15, 0.2) is 79.4 Å². The van der Waals surface area contributed by atoms with E-state index in [2.05, 4.69) is 6.58 Å². The van der Waals surface area contributed by atoms with E-state index in [1.807, 2.05) is 41.3 Å². The van der Waals surface area contributed by atoms with E-state index in [0.29, 0.717) is 11.5 Å². The molecule has 1 aromatic heterocycles. The third-order valence-corrected chi connectivity index (χ3v) is 6.74. The summed E-state index contributed by atoms with van der Waals surface area (Å²) in [6.45, 7) is 3.64. The van der Waals surface area contributed by atoms with Gasteiger partial charge in [-0.2, -0.15) is 0 Å². The Kier molecular flexibility index (Phi) is 6.23. The number of hydrogen-bond donors (Lipinski definition) is 1. The van der Waals surface area contributed by atoms with Gasteiger partial charge >= 0.3 is 0 Å². The molecular formula is C28H27N3O4. The van der Waals surface area contributed by atoms with Gasteiger partial charge in [-0.05, 0) is 80.3 Å². The van der Waals surface area contributed by atoms with Crippen molar-refractivity contribution in [1.82, 2.24) is 9.88 Å². The molecule has 2 atom stereocenters. The van der Waals surface area contributed by atoms with Crippen LogP contribution in [0.1, 0.15) is 47.7 Å². The highest BCUT2D eigenvalue weighted by Gasteiger charge is 2.43. The summed E-state index contributed by atoms with van der Waals surface area (Å²) < 4.78 is 11.8. The number of amides is 2. The summed E-state index contributed by atoms with van der Waals surface area (Å²) in [4.78, 5) is 31.0. The molecule has 3 aromatic rings. The van der Waals surface area contributed by atoms with E-state index >= 15 is 0 Å². The third kappa shape index (κ3) is 4.75. The quantitative estimate of drug-likeness (QED) is 0.481. The molecule has 2 aliphatic rings. The van der Waals surface area contributed by atoms with Crippen molar-refractivity contribution in [3.63, 3.8) is 0 Å². The molecule has 3 heterocycles. The van der Waals surface area contributed by atoms with E-state index in [0.717, 1.165) is 37.1 Å². The lowest BCUT2D eigenvalue weighted by molar-refractivity contribution is -0.130. The van der Waals surface area contributed by atoms with Gasteiger partial charge in [-0.3, -0.25) is 9.59 Å². The van der Waals surface area contributed by atoms with Crippen LogP contribution < -0.4 is 15.2 Å². The standard InChI is InChI=1S/C28H27N3O4/c1-2-26(32)31-19-8-9-20(31)17-18(16-19)25-15-14-24(27(29)33)28(30-25)35-23-12-10-22(11-13-23)34-21-6-4-3-5-7-21/h2-7,10-15,18-20H,1,8-9,16-17H2,(H2,29,33). The van der Waals surface area contributed by atoms with E-state index in [4.69, 9.17) is 20.2 Å². The molecule has 35 heavy (non-hydrogen) atoms. The van der Waals surface area contributed by atoms with Crippen LogP contribution >= 0.6 is 0 Å². The second-order valence-electron chi connectivity index (χ2n) is 8.94. The van der Waals surface area contributed by atoms with Gasteiger partial charge in [0.05, 0.1) is 0 Å². The summed E-state index contributed by atoms with van der Waals surface area (Å²) in [5, 5.41) is 0. The van der Waals surface area contributed by atoms with Gasteiger partial charge in [-0.25, -0.2) is 4.98 Å². The van der Waals surface area contributed by atoms with Gasteiger partial charge in [0.2, 0.25) is 11.8 Å². The smallest absolute Gasteiger partial charge is 0.254 e. The van der Waals surface area contributed by atoms with Gasteiger partial charge in [0, 0.05) is 23.7 Å². The first-order chi connectivity index (χ1) is 17.0. The number of hydrogen-bond acceptors (Lipinski definition) is 5. The minimum atomic E-state index is -0.602. The molecule has 2 unspecified atom stereocenters. The summed E-state index contributed by atoms with van der Waals surface area (Å²) in [7, 11) is 0. The number of fused-ring (bicyclic) bond motifs is 2. The van der Waals surface area contributed by atoms with E-state index in [1.54, 1.807) is 30.3 Å². The number of pyridine rings is 1. The lowest BCUT2D eigenvalue weighted by Gasteiger charge is -2.38. The van der Waals surface area contributed by atoms with Crippen molar-refractivity contribution in [3.05, 3.63) is 90.6 Å². The predicted octanol–water partition coefficient (Wildman–Crippen LogP) is 5.19. The fourth-order valence-electron chi connectivity index (χ4n) is 5.14. The Morgan fingerprint density at radius 3 is 2.09 bits per heavy atom. The Labute approximate surface area is 204 Å². The number of rotatable bonds is 7. The van der Waals surface area contributed by atoms with Gasteiger partial charge in [0.1, 0.15) is 22.8 Å². The number of nitrogens with two attached hydrogens (primary N) is 1. The van der Waals surface area contributed by atoms with Crippen LogP contribution in [0.25, 0.3) is 0 Å². The first-order valence-electron chi connectivity index (χ1n) is 11.8. The van der Waals surface area contributed by atoms with Crippen molar-refractivity contribution in [2.45, 2.75) is 43.7 Å². The molecule has 7 nitrogen and oxygen atoms in total. The van der Waals surface area contributed by atoms with Crippen LogP contribution in [0.4, 0.5) is 0 Å². The molecule has 7 heteroatoms. The maximum absolute atomic E-state index is 12.3. The Morgan fingerprint density at radius 1 is 0.886 bits per heavy atom. The second-order valence-corrected chi connectivity index (χ2v) is 8.94. The van der Waals surface area contributed by atoms with Gasteiger partial charge in [-0.15, -0.1) is 0 Å². The number of carbonyl (C=O) groups is 2. The Balaban J connectivity index is 1.34. The van der Waals surface area contributed by atoms with Crippen molar-refractivity contribution >= 4 is 11.8 Å². The average Bonchev–Trinajstić information content (AvgIpc) is 3.14. The number of para-hydroxylation sites is 1. The molecule has 2 N–H and O–H groups in total. The van der Waals surface area contributed by atoms with E-state index in [-0.39, 0.29) is 35.4 Å². The summed E-state index contributed by atoms with van der Waals surface area (Å²) in [6, 6.07) is 20.5. The summed E-state index contributed by atoms with van der Waals surface area (Å²) in [6.07, 6.45) is 5.02. The SMILES string of the molecule is C=CC(=O)N1C2CCC1CC(c1ccc(C(N)=O)c(Oc3ccc(Oc4ccccc4)cc3)n1)C2. The first-order valence-corrected chi connectivity index (χ1v) is 11.8. The highest BCUT2D eigenvalue weighted by atomic mass is 16.5. The number of carbonyl (C=O) groups excluding carboxylic acids is 2. The van der Waals surface area contributed by atoms with Crippen molar-refractivity contribution in [2.24, 2.45) is 5.73 Å². The Hall–Kier alpha value is -4.13. The van der Waals surface area contributed by atoms with Gasteiger partial charge in [0.15, 0.2) is 0 Å². The topological polar surface area (TPSA) is 94.8 Å². The fourth-order valence-corrected chi connectivity index (χ4v) is 5.14. The predicted molar refractivity (Wildman–Crippen MR) is 132 cm³/mol. The second kappa shape index (κ2) is 9.62. The zero-order valence-electron chi connectivity index (χ0n) is 19.3. The van der Waals surface area contributed by atoms with E-state index < -0.39 is 5.91 Å². The highest BCUT2D eigenvalue weighted by Crippen LogP contribution is 2.43. The monoisotopic (exact) mass is 469 g/mol. The molecule has 2 saturated heterocycles. The number of primary amides is 1. The Bertz CT molecular complexity index is 1230. The minimum absolute atomic E-state index is 0.00306. The molecule has 5 rings (SSSR count). The molecular weight excluding hydrogens is 442 g/mol. The van der Waals surface area contributed by atoms with E-state index in [1.165, 1.54) is 6.08 Å².